The molecule has 2 aliphatic heterocycles. The predicted molar refractivity (Wildman–Crippen MR) is 157 cm³/mol. The molecule has 0 bridgehead atoms. The molecule has 0 spiro atoms. The minimum atomic E-state index is -0.122. The summed E-state index contributed by atoms with van der Waals surface area (Å²) in [5.41, 5.74) is 5.97. The third kappa shape index (κ3) is 5.91. The number of piperidine rings is 1. The smallest absolute Gasteiger partial charge is 0.255 e. The Kier molecular flexibility index (Phi) is 7.79. The van der Waals surface area contributed by atoms with Gasteiger partial charge in [0.2, 0.25) is 5.91 Å². The van der Waals surface area contributed by atoms with E-state index in [4.69, 9.17) is 0 Å². The molecule has 200 valence electrons. The van der Waals surface area contributed by atoms with Crippen LogP contribution in [-0.2, 0) is 4.79 Å². The van der Waals surface area contributed by atoms with Gasteiger partial charge in [-0.2, -0.15) is 0 Å². The van der Waals surface area contributed by atoms with Crippen molar-refractivity contribution in [3.63, 3.8) is 0 Å². The SMILES string of the molecule is Cc1ccc(-c2ccc(C(=O)Nc3ccc(N4CCC(N(C)C(=O)C5CCCN(C)C5)C4)cc3)cc2)cc1.[HH]. The van der Waals surface area contributed by atoms with Gasteiger partial charge in [0.15, 0.2) is 0 Å². The van der Waals surface area contributed by atoms with Gasteiger partial charge in [-0.05, 0) is 87.3 Å². The number of carbonyl (C=O) groups is 2. The van der Waals surface area contributed by atoms with Gasteiger partial charge in [-0.1, -0.05) is 42.0 Å². The molecule has 2 amide bonds. The highest BCUT2D eigenvalue weighted by Crippen LogP contribution is 2.27. The summed E-state index contributed by atoms with van der Waals surface area (Å²) in [7, 11) is 4.07. The van der Waals surface area contributed by atoms with Crippen molar-refractivity contribution in [1.82, 2.24) is 9.80 Å². The molecule has 6 heteroatoms. The molecule has 2 heterocycles. The normalized spacial score (nSPS) is 19.8. The molecule has 38 heavy (non-hydrogen) atoms. The molecule has 0 aromatic heterocycles. The van der Waals surface area contributed by atoms with E-state index in [0.717, 1.165) is 67.9 Å². The Morgan fingerprint density at radius 2 is 1.53 bits per heavy atom. The van der Waals surface area contributed by atoms with Crippen molar-refractivity contribution in [2.24, 2.45) is 5.92 Å². The zero-order valence-corrected chi connectivity index (χ0v) is 22.7. The van der Waals surface area contributed by atoms with Gasteiger partial charge in [0.05, 0.1) is 12.0 Å². The Labute approximate surface area is 227 Å². The van der Waals surface area contributed by atoms with Crippen molar-refractivity contribution in [2.75, 3.05) is 50.5 Å². The average Bonchev–Trinajstić information content (AvgIpc) is 3.43. The largest absolute Gasteiger partial charge is 0.369 e. The van der Waals surface area contributed by atoms with E-state index in [1.807, 2.05) is 48.3 Å². The lowest BCUT2D eigenvalue weighted by atomic mass is 9.96. The van der Waals surface area contributed by atoms with Crippen molar-refractivity contribution in [1.29, 1.82) is 0 Å². The van der Waals surface area contributed by atoms with Crippen molar-refractivity contribution >= 4 is 23.2 Å². The Bertz CT molecular complexity index is 1260. The maximum atomic E-state index is 13.1. The van der Waals surface area contributed by atoms with Crippen LogP contribution in [0.5, 0.6) is 0 Å². The van der Waals surface area contributed by atoms with Gasteiger partial charge in [0.25, 0.3) is 5.91 Å². The van der Waals surface area contributed by atoms with Crippen LogP contribution in [0, 0.1) is 12.8 Å². The Morgan fingerprint density at radius 1 is 0.868 bits per heavy atom. The van der Waals surface area contributed by atoms with E-state index in [1.54, 1.807) is 0 Å². The molecule has 2 unspecified atom stereocenters. The molecule has 0 aliphatic carbocycles. The highest BCUT2D eigenvalue weighted by molar-refractivity contribution is 6.04. The molecule has 1 N–H and O–H groups in total. The molecule has 0 radical (unpaired) electrons. The zero-order chi connectivity index (χ0) is 26.6. The number of anilines is 2. The molecule has 2 saturated heterocycles. The molecule has 0 saturated carbocycles. The number of amides is 2. The number of carbonyl (C=O) groups excluding carboxylic acids is 2. The van der Waals surface area contributed by atoms with Crippen LogP contribution in [0.1, 0.15) is 36.6 Å². The van der Waals surface area contributed by atoms with Gasteiger partial charge in [-0.3, -0.25) is 9.59 Å². The summed E-state index contributed by atoms with van der Waals surface area (Å²) in [5.74, 6) is 0.283. The minimum absolute atomic E-state index is 0. The van der Waals surface area contributed by atoms with Gasteiger partial charge in [-0.25, -0.2) is 0 Å². The first-order valence-electron chi connectivity index (χ1n) is 13.7. The van der Waals surface area contributed by atoms with Gasteiger partial charge in [-0.15, -0.1) is 0 Å². The van der Waals surface area contributed by atoms with Gasteiger partial charge >= 0.3 is 0 Å². The van der Waals surface area contributed by atoms with Crippen molar-refractivity contribution < 1.29 is 11.0 Å². The Balaban J connectivity index is 0.00000353. The van der Waals surface area contributed by atoms with E-state index >= 15 is 0 Å². The predicted octanol–water partition coefficient (Wildman–Crippen LogP) is 5.54. The fraction of sp³-hybridized carbons (Fsp3) is 0.375. The van der Waals surface area contributed by atoms with Crippen LogP contribution in [0.15, 0.2) is 72.8 Å². The standard InChI is InChI=1S/C32H38N4O2.H2/c1-23-6-8-24(9-7-23)25-10-12-26(13-11-25)31(37)33-28-14-16-29(17-15-28)36-20-18-30(22-36)35(3)32(38)27-5-4-19-34(2)21-27;/h6-17,27,30H,4-5,18-22H2,1-3H3,(H,33,37);1H. The lowest BCUT2D eigenvalue weighted by Crippen LogP contribution is -2.46. The molecule has 3 aromatic carbocycles. The summed E-state index contributed by atoms with van der Waals surface area (Å²) >= 11 is 0. The van der Waals surface area contributed by atoms with Crippen LogP contribution in [0.4, 0.5) is 11.4 Å². The van der Waals surface area contributed by atoms with Crippen LogP contribution < -0.4 is 10.2 Å². The van der Waals surface area contributed by atoms with E-state index in [0.29, 0.717) is 5.56 Å². The van der Waals surface area contributed by atoms with Crippen LogP contribution in [0.2, 0.25) is 0 Å². The number of rotatable bonds is 6. The number of hydrogen-bond acceptors (Lipinski definition) is 4. The first kappa shape index (κ1) is 26.0. The molecule has 5 rings (SSSR count). The quantitative estimate of drug-likeness (QED) is 0.471. The molecule has 2 aliphatic rings. The first-order chi connectivity index (χ1) is 18.4. The fourth-order valence-corrected chi connectivity index (χ4v) is 5.65. The topological polar surface area (TPSA) is 55.9 Å². The first-order valence-corrected chi connectivity index (χ1v) is 13.7. The van der Waals surface area contributed by atoms with Crippen molar-refractivity contribution in [3.8, 4) is 11.1 Å². The lowest BCUT2D eigenvalue weighted by Gasteiger charge is -2.34. The summed E-state index contributed by atoms with van der Waals surface area (Å²) in [4.78, 5) is 32.5. The van der Waals surface area contributed by atoms with E-state index in [-0.39, 0.29) is 25.2 Å². The lowest BCUT2D eigenvalue weighted by molar-refractivity contribution is -0.137. The maximum Gasteiger partial charge on any atom is 0.255 e. The van der Waals surface area contributed by atoms with Crippen LogP contribution in [0.3, 0.4) is 0 Å². The van der Waals surface area contributed by atoms with Crippen LogP contribution in [-0.4, -0.2) is 67.9 Å². The van der Waals surface area contributed by atoms with E-state index in [2.05, 4.69) is 65.5 Å². The highest BCUT2D eigenvalue weighted by atomic mass is 16.2. The van der Waals surface area contributed by atoms with Gasteiger partial charge < -0.3 is 20.0 Å². The summed E-state index contributed by atoms with van der Waals surface area (Å²) in [6.45, 7) is 5.78. The van der Waals surface area contributed by atoms with Crippen LogP contribution >= 0.6 is 0 Å². The number of likely N-dealkylation sites (tertiary alicyclic amines) is 1. The highest BCUT2D eigenvalue weighted by Gasteiger charge is 2.33. The Morgan fingerprint density at radius 3 is 2.18 bits per heavy atom. The Hall–Kier alpha value is -3.64. The third-order valence-electron chi connectivity index (χ3n) is 8.05. The number of likely N-dealkylation sites (N-methyl/N-ethyl adjacent to an activating group) is 1. The summed E-state index contributed by atoms with van der Waals surface area (Å²) in [6.07, 6.45) is 3.06. The molecule has 3 aromatic rings. The number of aryl methyl sites for hydroxylation is 1. The second-order valence-corrected chi connectivity index (χ2v) is 10.9. The minimum Gasteiger partial charge on any atom is -0.369 e. The number of benzene rings is 3. The summed E-state index contributed by atoms with van der Waals surface area (Å²) < 4.78 is 0. The van der Waals surface area contributed by atoms with E-state index in [9.17, 15) is 9.59 Å². The van der Waals surface area contributed by atoms with Crippen LogP contribution in [0.25, 0.3) is 11.1 Å². The maximum absolute atomic E-state index is 13.1. The third-order valence-corrected chi connectivity index (χ3v) is 8.05. The second-order valence-electron chi connectivity index (χ2n) is 10.9. The summed E-state index contributed by atoms with van der Waals surface area (Å²) in [5, 5.41) is 3.01. The molecule has 6 nitrogen and oxygen atoms in total. The number of nitrogens with zero attached hydrogens (tertiary/aromatic N) is 3. The van der Waals surface area contributed by atoms with E-state index < -0.39 is 0 Å². The zero-order valence-electron chi connectivity index (χ0n) is 22.7. The monoisotopic (exact) mass is 512 g/mol. The van der Waals surface area contributed by atoms with Crippen molar-refractivity contribution in [3.05, 3.63) is 83.9 Å². The number of hydrogen-bond donors (Lipinski definition) is 1. The molecular weight excluding hydrogens is 472 g/mol. The molecule has 2 fully saturated rings. The number of nitrogens with one attached hydrogen (secondary N) is 1. The van der Waals surface area contributed by atoms with Gasteiger partial charge in [0.1, 0.15) is 0 Å². The molecular formula is C32H40N4O2. The average molecular weight is 513 g/mol. The fourth-order valence-electron chi connectivity index (χ4n) is 5.65. The second kappa shape index (κ2) is 11.4. The van der Waals surface area contributed by atoms with E-state index in [1.165, 1.54) is 5.56 Å². The molecule has 2 atom stereocenters. The van der Waals surface area contributed by atoms with Crippen molar-refractivity contribution in [2.45, 2.75) is 32.2 Å². The summed E-state index contributed by atoms with van der Waals surface area (Å²) in [6, 6.07) is 24.3. The van der Waals surface area contributed by atoms with Gasteiger partial charge in [0, 0.05) is 45.0 Å².